The minimum absolute atomic E-state index is 0.0784. The minimum atomic E-state index is -3.62. The number of hydrogen-bond donors (Lipinski definition) is 4. The van der Waals surface area contributed by atoms with Gasteiger partial charge < -0.3 is 20.5 Å². The summed E-state index contributed by atoms with van der Waals surface area (Å²) in [5.74, 6) is -4.48. The number of rotatable bonds is 14. The Balaban J connectivity index is 1.68. The van der Waals surface area contributed by atoms with E-state index in [0.717, 1.165) is 24.4 Å². The Bertz CT molecular complexity index is 1140. The molecule has 2 aromatic carbocycles. The van der Waals surface area contributed by atoms with Gasteiger partial charge in [0.2, 0.25) is 11.8 Å². The molecular weight excluding hydrogens is 564 g/mol. The van der Waals surface area contributed by atoms with E-state index in [9.17, 15) is 19.5 Å². The average molecular weight is 598 g/mol. The van der Waals surface area contributed by atoms with Gasteiger partial charge in [0.15, 0.2) is 6.10 Å². The summed E-state index contributed by atoms with van der Waals surface area (Å²) in [5, 5.41) is 14.6. The number of alkyl halides is 2. The average Bonchev–Trinajstić information content (AvgIpc) is 3.35. The van der Waals surface area contributed by atoms with E-state index in [2.05, 4.69) is 15.4 Å². The smallest absolute Gasteiger partial charge is 0.418 e. The van der Waals surface area contributed by atoms with Gasteiger partial charge in [-0.1, -0.05) is 73.8 Å². The summed E-state index contributed by atoms with van der Waals surface area (Å²) in [7, 11) is 0. The Labute approximate surface area is 241 Å². The lowest BCUT2D eigenvalue weighted by atomic mass is 9.97. The number of hydrogen-bond acceptors (Lipinski definition) is 6. The van der Waals surface area contributed by atoms with Crippen molar-refractivity contribution in [1.82, 2.24) is 15.4 Å². The lowest BCUT2D eigenvalue weighted by Gasteiger charge is -2.28. The van der Waals surface area contributed by atoms with E-state index in [-0.39, 0.29) is 35.4 Å². The van der Waals surface area contributed by atoms with Crippen molar-refractivity contribution in [3.8, 4) is 0 Å². The van der Waals surface area contributed by atoms with Crippen LogP contribution in [-0.2, 0) is 20.2 Å². The van der Waals surface area contributed by atoms with Crippen LogP contribution in [0.4, 0.5) is 13.6 Å². The molecule has 0 radical (unpaired) electrons. The number of ether oxygens (including phenoxy) is 1. The Hall–Kier alpha value is -2.89. The highest BCUT2D eigenvalue weighted by Gasteiger charge is 2.45. The Morgan fingerprint density at radius 2 is 1.98 bits per heavy atom. The van der Waals surface area contributed by atoms with Gasteiger partial charge in [-0.3, -0.25) is 14.3 Å². The third kappa shape index (κ3) is 8.81. The molecular formula is C28H34ClF2N3O5S. The first-order valence-electron chi connectivity index (χ1n) is 13.2. The van der Waals surface area contributed by atoms with Gasteiger partial charge >= 0.3 is 12.0 Å². The molecule has 40 heavy (non-hydrogen) atoms. The van der Waals surface area contributed by atoms with Crippen LogP contribution in [0.25, 0.3) is 0 Å². The van der Waals surface area contributed by atoms with E-state index in [1.165, 1.54) is 30.3 Å². The number of aliphatic hydroxyl groups is 1. The molecule has 1 fully saturated rings. The van der Waals surface area contributed by atoms with E-state index in [1.807, 2.05) is 6.92 Å². The van der Waals surface area contributed by atoms with Gasteiger partial charge in [0, 0.05) is 23.0 Å². The second-order valence-corrected chi connectivity index (χ2v) is 11.0. The molecule has 4 N–H and O–H groups in total. The Morgan fingerprint density at radius 3 is 2.60 bits per heavy atom. The van der Waals surface area contributed by atoms with Crippen molar-refractivity contribution in [1.29, 1.82) is 0 Å². The molecule has 0 unspecified atom stereocenters. The predicted octanol–water partition coefficient (Wildman–Crippen LogP) is 5.11. The van der Waals surface area contributed by atoms with Crippen LogP contribution in [-0.4, -0.2) is 47.5 Å². The zero-order valence-corrected chi connectivity index (χ0v) is 23.7. The van der Waals surface area contributed by atoms with Crippen LogP contribution >= 0.6 is 23.5 Å². The molecule has 0 bridgehead atoms. The minimum Gasteiger partial charge on any atom is -0.434 e. The van der Waals surface area contributed by atoms with Crippen molar-refractivity contribution < 1.29 is 33.0 Å². The van der Waals surface area contributed by atoms with Crippen molar-refractivity contribution in [2.75, 3.05) is 13.2 Å². The first-order chi connectivity index (χ1) is 19.1. The van der Waals surface area contributed by atoms with Crippen LogP contribution in [0.5, 0.6) is 0 Å². The van der Waals surface area contributed by atoms with Crippen molar-refractivity contribution in [2.24, 2.45) is 5.92 Å². The molecule has 1 aliphatic rings. The van der Waals surface area contributed by atoms with Crippen molar-refractivity contribution in [2.45, 2.75) is 62.3 Å². The van der Waals surface area contributed by atoms with Crippen LogP contribution in [0, 0.1) is 5.92 Å². The van der Waals surface area contributed by atoms with Crippen molar-refractivity contribution >= 4 is 41.5 Å². The van der Waals surface area contributed by atoms with E-state index in [1.54, 1.807) is 18.2 Å². The molecule has 8 nitrogen and oxygen atoms in total. The van der Waals surface area contributed by atoms with E-state index in [0.29, 0.717) is 25.8 Å². The number of carbonyl (C=O) groups is 3. The fourth-order valence-corrected chi connectivity index (χ4v) is 5.33. The van der Waals surface area contributed by atoms with Crippen LogP contribution in [0.3, 0.4) is 0 Å². The summed E-state index contributed by atoms with van der Waals surface area (Å²) in [6, 6.07) is 12.2. The van der Waals surface area contributed by atoms with Gasteiger partial charge in [0.1, 0.15) is 5.25 Å². The summed E-state index contributed by atoms with van der Waals surface area (Å²) >= 11 is 6.69. The van der Waals surface area contributed by atoms with E-state index < -0.39 is 40.9 Å². The summed E-state index contributed by atoms with van der Waals surface area (Å²) in [5.41, 5.74) is -0.338. The normalized spacial score (nSPS) is 17.4. The lowest BCUT2D eigenvalue weighted by molar-refractivity contribution is -0.124. The molecule has 4 atom stereocenters. The number of halogens is 3. The molecule has 0 spiro atoms. The molecule has 12 heteroatoms. The van der Waals surface area contributed by atoms with Crippen molar-refractivity contribution in [3.05, 3.63) is 70.7 Å². The van der Waals surface area contributed by atoms with Gasteiger partial charge in [-0.25, -0.2) is 4.79 Å². The maximum absolute atomic E-state index is 15.6. The van der Waals surface area contributed by atoms with Crippen LogP contribution < -0.4 is 15.4 Å². The highest BCUT2D eigenvalue weighted by Crippen LogP contribution is 2.43. The Kier molecular flexibility index (Phi) is 12.0. The predicted molar refractivity (Wildman–Crippen MR) is 150 cm³/mol. The molecule has 2 aromatic rings. The quantitative estimate of drug-likeness (QED) is 0.225. The molecule has 0 aromatic heterocycles. The second-order valence-electron chi connectivity index (χ2n) is 9.58. The summed E-state index contributed by atoms with van der Waals surface area (Å²) < 4.78 is 38.9. The van der Waals surface area contributed by atoms with Gasteiger partial charge in [-0.15, -0.1) is 0 Å². The first-order valence-corrected chi connectivity index (χ1v) is 14.4. The van der Waals surface area contributed by atoms with Gasteiger partial charge in [0.05, 0.1) is 12.6 Å². The van der Waals surface area contributed by atoms with Crippen molar-refractivity contribution in [3.63, 3.8) is 0 Å². The molecule has 0 saturated carbocycles. The topological polar surface area (TPSA) is 117 Å². The fourth-order valence-electron chi connectivity index (χ4n) is 4.40. The molecule has 218 valence electrons. The molecule has 1 saturated heterocycles. The van der Waals surface area contributed by atoms with E-state index >= 15 is 8.78 Å². The summed E-state index contributed by atoms with van der Waals surface area (Å²) in [6.07, 6.45) is -0.376. The maximum atomic E-state index is 15.6. The highest BCUT2D eigenvalue weighted by molar-refractivity contribution is 7.99. The molecule has 1 aliphatic heterocycles. The third-order valence-electron chi connectivity index (χ3n) is 6.56. The van der Waals surface area contributed by atoms with Gasteiger partial charge in [0.25, 0.3) is 0 Å². The molecule has 3 rings (SSSR count). The number of aliphatic hydroxyl groups excluding tert-OH is 1. The zero-order valence-electron chi connectivity index (χ0n) is 22.1. The fraction of sp³-hybridized carbons (Fsp3) is 0.464. The zero-order chi connectivity index (χ0) is 29.1. The summed E-state index contributed by atoms with van der Waals surface area (Å²) in [4.78, 5) is 37.7. The Morgan fingerprint density at radius 1 is 1.23 bits per heavy atom. The number of nitrogens with one attached hydrogen (secondary N) is 3. The number of benzene rings is 2. The van der Waals surface area contributed by atoms with Gasteiger partial charge in [-0.2, -0.15) is 8.78 Å². The standard InChI is InChI=1S/C28H34ClF2N3O5S/c1-2-3-12-23(26(37)33-22(17-35)15-19-13-14-32-25(19)36)40-34-27(38)39-24(18-8-5-4-6-9-18)28(30,31)20-10-7-11-21(29)16-20/h4-11,16,19,22-24,35H,2-3,12-15,17H2,1H3,(H,32,36)(H,33,37)(H,34,38)/t19-,22-,23-,24-/m0/s1. The van der Waals surface area contributed by atoms with Crippen LogP contribution in [0.2, 0.25) is 5.02 Å². The number of unbranched alkanes of at least 4 members (excludes halogenated alkanes) is 1. The lowest BCUT2D eigenvalue weighted by Crippen LogP contribution is -2.44. The molecule has 3 amide bonds. The number of amides is 3. The largest absolute Gasteiger partial charge is 0.434 e. The van der Waals surface area contributed by atoms with Crippen LogP contribution in [0.1, 0.15) is 56.3 Å². The summed E-state index contributed by atoms with van der Waals surface area (Å²) in [6.45, 7) is 2.14. The molecule has 1 heterocycles. The first kappa shape index (κ1) is 31.6. The number of carbonyl (C=O) groups excluding carboxylic acids is 3. The van der Waals surface area contributed by atoms with Gasteiger partial charge in [-0.05, 0) is 48.9 Å². The van der Waals surface area contributed by atoms with Crippen LogP contribution in [0.15, 0.2) is 54.6 Å². The molecule has 0 aliphatic carbocycles. The highest BCUT2D eigenvalue weighted by atomic mass is 35.5. The van der Waals surface area contributed by atoms with E-state index in [4.69, 9.17) is 16.3 Å². The monoisotopic (exact) mass is 597 g/mol. The maximum Gasteiger partial charge on any atom is 0.418 e. The SMILES string of the molecule is CCCC[C@H](SNC(=O)O[C@@H](c1ccccc1)C(F)(F)c1cccc(Cl)c1)C(=O)N[C@H](CO)C[C@@H]1CCNC1=O. The second kappa shape index (κ2) is 15.2. The third-order valence-corrected chi connectivity index (χ3v) is 7.82.